The quantitative estimate of drug-likeness (QED) is 0.750. The first-order chi connectivity index (χ1) is 12.5. The van der Waals surface area contributed by atoms with Crippen molar-refractivity contribution in [3.05, 3.63) is 82.2 Å². The molecule has 2 N–H and O–H groups in total. The summed E-state index contributed by atoms with van der Waals surface area (Å²) in [6, 6.07) is 10.8. The number of hydrogen-bond donors (Lipinski definition) is 2. The van der Waals surface area contributed by atoms with Gasteiger partial charge in [-0.15, -0.1) is 0 Å². The highest BCUT2D eigenvalue weighted by atomic mass is 19.1. The fourth-order valence-electron chi connectivity index (χ4n) is 3.34. The molecule has 26 heavy (non-hydrogen) atoms. The van der Waals surface area contributed by atoms with Gasteiger partial charge < -0.3 is 10.6 Å². The van der Waals surface area contributed by atoms with E-state index in [-0.39, 0.29) is 17.7 Å². The van der Waals surface area contributed by atoms with Gasteiger partial charge in [0.15, 0.2) is 0 Å². The van der Waals surface area contributed by atoms with Crippen molar-refractivity contribution in [3.8, 4) is 0 Å². The minimum Gasteiger partial charge on any atom is -0.386 e. The van der Waals surface area contributed by atoms with Gasteiger partial charge in [-0.3, -0.25) is 0 Å². The lowest BCUT2D eigenvalue weighted by atomic mass is 9.99. The van der Waals surface area contributed by atoms with Crippen LogP contribution in [0.3, 0.4) is 0 Å². The van der Waals surface area contributed by atoms with Gasteiger partial charge in [-0.2, -0.15) is 0 Å². The summed E-state index contributed by atoms with van der Waals surface area (Å²) in [7, 11) is 0. The Hall–Kier alpha value is -2.36. The lowest BCUT2D eigenvalue weighted by Gasteiger charge is -2.18. The first kappa shape index (κ1) is 18.4. The van der Waals surface area contributed by atoms with Crippen LogP contribution in [0.1, 0.15) is 55.0 Å². The van der Waals surface area contributed by atoms with E-state index >= 15 is 0 Å². The first-order valence-electron chi connectivity index (χ1n) is 9.21. The van der Waals surface area contributed by atoms with Gasteiger partial charge in [-0.1, -0.05) is 31.2 Å². The van der Waals surface area contributed by atoms with Gasteiger partial charge in [0, 0.05) is 36.8 Å². The van der Waals surface area contributed by atoms with Crippen LogP contribution in [0.5, 0.6) is 0 Å². The maximum absolute atomic E-state index is 14.6. The number of rotatable bonds is 6. The second-order valence-electron chi connectivity index (χ2n) is 7.12. The van der Waals surface area contributed by atoms with Crippen LogP contribution in [0.2, 0.25) is 0 Å². The molecule has 0 saturated heterocycles. The van der Waals surface area contributed by atoms with E-state index in [4.69, 9.17) is 0 Å². The van der Waals surface area contributed by atoms with Crippen molar-refractivity contribution in [2.75, 3.05) is 0 Å². The number of aryl methyl sites for hydroxylation is 1. The van der Waals surface area contributed by atoms with Crippen molar-refractivity contribution in [2.24, 2.45) is 0 Å². The smallest absolute Gasteiger partial charge is 0.127 e. The fourth-order valence-corrected chi connectivity index (χ4v) is 3.34. The lowest BCUT2D eigenvalue weighted by Crippen LogP contribution is -2.20. The molecule has 0 spiro atoms. The van der Waals surface area contributed by atoms with Crippen LogP contribution in [0.4, 0.5) is 8.78 Å². The van der Waals surface area contributed by atoms with E-state index in [2.05, 4.69) is 17.6 Å². The van der Waals surface area contributed by atoms with E-state index in [9.17, 15) is 8.78 Å². The van der Waals surface area contributed by atoms with Crippen LogP contribution in [0, 0.1) is 18.6 Å². The molecule has 2 nitrogen and oxygen atoms in total. The zero-order valence-electron chi connectivity index (χ0n) is 15.6. The van der Waals surface area contributed by atoms with Crippen molar-refractivity contribution in [3.63, 3.8) is 0 Å². The molecular formula is C22H26F2N2. The number of halogens is 2. The van der Waals surface area contributed by atoms with E-state index in [1.165, 1.54) is 6.07 Å². The monoisotopic (exact) mass is 356 g/mol. The Labute approximate surface area is 154 Å². The molecule has 2 aromatic rings. The second kappa shape index (κ2) is 7.90. The Balaban J connectivity index is 1.67. The van der Waals surface area contributed by atoms with Crippen LogP contribution < -0.4 is 10.6 Å². The number of nitrogens with one attached hydrogen (secondary N) is 2. The summed E-state index contributed by atoms with van der Waals surface area (Å²) in [4.78, 5) is 0. The lowest BCUT2D eigenvalue weighted by molar-refractivity contribution is 0.566. The number of hydrogen-bond acceptors (Lipinski definition) is 2. The maximum Gasteiger partial charge on any atom is 0.127 e. The predicted octanol–water partition coefficient (Wildman–Crippen LogP) is 5.13. The summed E-state index contributed by atoms with van der Waals surface area (Å²) >= 11 is 0. The van der Waals surface area contributed by atoms with Gasteiger partial charge >= 0.3 is 0 Å². The summed E-state index contributed by atoms with van der Waals surface area (Å²) in [5.74, 6) is -0.450. The molecule has 3 rings (SSSR count). The summed E-state index contributed by atoms with van der Waals surface area (Å²) in [6.07, 6.45) is 4.54. The molecule has 2 atom stereocenters. The van der Waals surface area contributed by atoms with Gasteiger partial charge in [0.2, 0.25) is 0 Å². The molecule has 1 aliphatic heterocycles. The van der Waals surface area contributed by atoms with Gasteiger partial charge in [-0.05, 0) is 54.7 Å². The molecule has 2 unspecified atom stereocenters. The van der Waals surface area contributed by atoms with E-state index in [1.807, 2.05) is 25.3 Å². The SMILES string of the molecule is CCC1CC(NC(C)c2ccc(Cc3ccc(F)c(C)c3)c(F)c2)=CN1. The predicted molar refractivity (Wildman–Crippen MR) is 102 cm³/mol. The Morgan fingerprint density at radius 3 is 2.62 bits per heavy atom. The zero-order chi connectivity index (χ0) is 18.7. The molecule has 0 aromatic heterocycles. The van der Waals surface area contributed by atoms with Crippen LogP contribution in [0.15, 0.2) is 48.3 Å². The summed E-state index contributed by atoms with van der Waals surface area (Å²) in [5, 5.41) is 6.80. The van der Waals surface area contributed by atoms with E-state index in [0.29, 0.717) is 23.6 Å². The summed E-state index contributed by atoms with van der Waals surface area (Å²) in [5.41, 5.74) is 4.20. The van der Waals surface area contributed by atoms with Gasteiger partial charge in [-0.25, -0.2) is 8.78 Å². The third-order valence-electron chi connectivity index (χ3n) is 5.05. The van der Waals surface area contributed by atoms with Gasteiger partial charge in [0.25, 0.3) is 0 Å². The molecule has 0 bridgehead atoms. The summed E-state index contributed by atoms with van der Waals surface area (Å²) in [6.45, 7) is 5.92. The largest absolute Gasteiger partial charge is 0.386 e. The molecule has 138 valence electrons. The Bertz CT molecular complexity index is 814. The van der Waals surface area contributed by atoms with Gasteiger partial charge in [0.05, 0.1) is 0 Å². The molecular weight excluding hydrogens is 330 g/mol. The normalized spacial score (nSPS) is 17.6. The Morgan fingerprint density at radius 1 is 1.15 bits per heavy atom. The average Bonchev–Trinajstić information content (AvgIpc) is 3.07. The van der Waals surface area contributed by atoms with E-state index in [0.717, 1.165) is 29.7 Å². The van der Waals surface area contributed by atoms with Gasteiger partial charge in [0.1, 0.15) is 11.6 Å². The molecule has 0 amide bonds. The highest BCUT2D eigenvalue weighted by Gasteiger charge is 2.17. The van der Waals surface area contributed by atoms with Crippen LogP contribution >= 0.6 is 0 Å². The van der Waals surface area contributed by atoms with Crippen LogP contribution in [-0.4, -0.2) is 6.04 Å². The molecule has 1 aliphatic rings. The third-order valence-corrected chi connectivity index (χ3v) is 5.05. The zero-order valence-corrected chi connectivity index (χ0v) is 15.6. The molecule has 0 aliphatic carbocycles. The highest BCUT2D eigenvalue weighted by molar-refractivity contribution is 5.33. The van der Waals surface area contributed by atoms with Crippen LogP contribution in [0.25, 0.3) is 0 Å². The van der Waals surface area contributed by atoms with E-state index in [1.54, 1.807) is 25.1 Å². The van der Waals surface area contributed by atoms with Crippen molar-refractivity contribution in [1.29, 1.82) is 0 Å². The third kappa shape index (κ3) is 4.24. The molecule has 0 radical (unpaired) electrons. The van der Waals surface area contributed by atoms with Crippen molar-refractivity contribution >= 4 is 0 Å². The first-order valence-corrected chi connectivity index (χ1v) is 9.21. The topological polar surface area (TPSA) is 24.1 Å². The van der Waals surface area contributed by atoms with E-state index < -0.39 is 0 Å². The second-order valence-corrected chi connectivity index (χ2v) is 7.12. The van der Waals surface area contributed by atoms with Crippen molar-refractivity contribution in [1.82, 2.24) is 10.6 Å². The highest BCUT2D eigenvalue weighted by Crippen LogP contribution is 2.22. The molecule has 2 aromatic carbocycles. The molecule has 1 heterocycles. The van der Waals surface area contributed by atoms with Crippen LogP contribution in [-0.2, 0) is 6.42 Å². The summed E-state index contributed by atoms with van der Waals surface area (Å²) < 4.78 is 28.0. The van der Waals surface area contributed by atoms with Crippen molar-refractivity contribution in [2.45, 2.75) is 52.1 Å². The minimum atomic E-state index is -0.231. The standard InChI is InChI=1S/C22H26F2N2/c1-4-19-12-20(13-25-19)26-15(3)17-6-7-18(22(24)11-17)10-16-5-8-21(23)14(2)9-16/h5-9,11,13,15,19,25-26H,4,10,12H2,1-3H3. The minimum absolute atomic E-state index is 0.0373. The number of benzene rings is 2. The molecule has 4 heteroatoms. The maximum atomic E-state index is 14.6. The average molecular weight is 356 g/mol. The van der Waals surface area contributed by atoms with Crippen molar-refractivity contribution < 1.29 is 8.78 Å². The fraction of sp³-hybridized carbons (Fsp3) is 0.364. The molecule has 0 saturated carbocycles. The Morgan fingerprint density at radius 2 is 1.96 bits per heavy atom. The Kier molecular flexibility index (Phi) is 5.60. The molecule has 0 fully saturated rings.